The lowest BCUT2D eigenvalue weighted by Gasteiger charge is -2.03. The first-order valence-corrected chi connectivity index (χ1v) is 5.39. The highest BCUT2D eigenvalue weighted by molar-refractivity contribution is 6.31. The molecule has 2 aromatic rings. The van der Waals surface area contributed by atoms with Crippen LogP contribution in [0.25, 0.3) is 11.0 Å². The van der Waals surface area contributed by atoms with Crippen LogP contribution in [0.3, 0.4) is 0 Å². The van der Waals surface area contributed by atoms with E-state index in [9.17, 15) is 0 Å². The molecule has 3 heteroatoms. The van der Waals surface area contributed by atoms with Crippen LogP contribution < -0.4 is 0 Å². The molecule has 1 aromatic carbocycles. The highest BCUT2D eigenvalue weighted by atomic mass is 35.5. The Morgan fingerprint density at radius 1 is 1.53 bits per heavy atom. The quantitative estimate of drug-likeness (QED) is 0.725. The van der Waals surface area contributed by atoms with Gasteiger partial charge in [-0.25, -0.2) is 4.98 Å². The van der Waals surface area contributed by atoms with Gasteiger partial charge in [-0.05, 0) is 18.2 Å². The molecule has 1 heterocycles. The Kier molecular flexibility index (Phi) is 2.78. The molecular weight excluding hydrogens is 208 g/mol. The van der Waals surface area contributed by atoms with Gasteiger partial charge in [-0.15, -0.1) is 6.58 Å². The maximum Gasteiger partial charge on any atom is 0.109 e. The molecule has 0 aliphatic rings. The van der Waals surface area contributed by atoms with Crippen molar-refractivity contribution < 1.29 is 0 Å². The summed E-state index contributed by atoms with van der Waals surface area (Å²) in [4.78, 5) is 4.55. The molecule has 0 radical (unpaired) electrons. The van der Waals surface area contributed by atoms with Gasteiger partial charge in [0.15, 0.2) is 0 Å². The summed E-state index contributed by atoms with van der Waals surface area (Å²) in [6, 6.07) is 5.78. The van der Waals surface area contributed by atoms with E-state index >= 15 is 0 Å². The SMILES string of the molecule is C=CCn1c(CC)nc2ccc(Cl)cc21. The van der Waals surface area contributed by atoms with Crippen molar-refractivity contribution in [2.24, 2.45) is 0 Å². The summed E-state index contributed by atoms with van der Waals surface area (Å²) in [5.74, 6) is 1.08. The van der Waals surface area contributed by atoms with Crippen molar-refractivity contribution in [1.82, 2.24) is 9.55 Å². The van der Waals surface area contributed by atoms with E-state index in [-0.39, 0.29) is 0 Å². The molecule has 1 aromatic heterocycles. The van der Waals surface area contributed by atoms with E-state index in [2.05, 4.69) is 23.1 Å². The lowest BCUT2D eigenvalue weighted by molar-refractivity contribution is 0.770. The minimum atomic E-state index is 0.746. The fourth-order valence-corrected chi connectivity index (χ4v) is 1.91. The molecular formula is C12H13ClN2. The third-order valence-electron chi connectivity index (χ3n) is 2.42. The smallest absolute Gasteiger partial charge is 0.109 e. The minimum absolute atomic E-state index is 0.746. The van der Waals surface area contributed by atoms with Crippen molar-refractivity contribution in [2.75, 3.05) is 0 Å². The molecule has 0 aliphatic carbocycles. The van der Waals surface area contributed by atoms with Crippen LogP contribution in [0.4, 0.5) is 0 Å². The Labute approximate surface area is 94.2 Å². The molecule has 0 atom stereocenters. The number of halogens is 1. The third-order valence-corrected chi connectivity index (χ3v) is 2.65. The molecule has 0 amide bonds. The van der Waals surface area contributed by atoms with Crippen molar-refractivity contribution in [3.63, 3.8) is 0 Å². The number of benzene rings is 1. The predicted molar refractivity (Wildman–Crippen MR) is 64.3 cm³/mol. The number of imidazole rings is 1. The fourth-order valence-electron chi connectivity index (χ4n) is 1.75. The lowest BCUT2D eigenvalue weighted by atomic mass is 10.3. The van der Waals surface area contributed by atoms with Crippen LogP contribution in [-0.4, -0.2) is 9.55 Å². The van der Waals surface area contributed by atoms with Gasteiger partial charge in [-0.1, -0.05) is 24.6 Å². The average Bonchev–Trinajstić information content (AvgIpc) is 2.57. The number of aryl methyl sites for hydroxylation is 1. The van der Waals surface area contributed by atoms with Gasteiger partial charge >= 0.3 is 0 Å². The monoisotopic (exact) mass is 220 g/mol. The highest BCUT2D eigenvalue weighted by Gasteiger charge is 2.07. The van der Waals surface area contributed by atoms with Crippen molar-refractivity contribution in [3.8, 4) is 0 Å². The minimum Gasteiger partial charge on any atom is -0.324 e. The van der Waals surface area contributed by atoms with Gasteiger partial charge in [0, 0.05) is 18.0 Å². The van der Waals surface area contributed by atoms with Crippen molar-refractivity contribution in [3.05, 3.63) is 41.7 Å². The second kappa shape index (κ2) is 4.07. The Bertz CT molecular complexity index is 500. The molecule has 0 N–H and O–H groups in total. The van der Waals surface area contributed by atoms with Gasteiger partial charge in [0.1, 0.15) is 5.82 Å². The van der Waals surface area contributed by atoms with Gasteiger partial charge in [-0.2, -0.15) is 0 Å². The number of hydrogen-bond donors (Lipinski definition) is 0. The van der Waals surface area contributed by atoms with Crippen LogP contribution in [0.5, 0.6) is 0 Å². The summed E-state index contributed by atoms with van der Waals surface area (Å²) < 4.78 is 2.15. The standard InChI is InChI=1S/C12H13ClN2/c1-3-7-15-11-8-9(13)5-6-10(11)14-12(15)4-2/h3,5-6,8H,1,4,7H2,2H3. The normalized spacial score (nSPS) is 10.8. The second-order valence-electron chi connectivity index (χ2n) is 3.41. The maximum absolute atomic E-state index is 5.98. The van der Waals surface area contributed by atoms with Crippen LogP contribution in [-0.2, 0) is 13.0 Å². The van der Waals surface area contributed by atoms with Crippen molar-refractivity contribution in [1.29, 1.82) is 0 Å². The first kappa shape index (κ1) is 10.2. The van der Waals surface area contributed by atoms with Gasteiger partial charge in [0.05, 0.1) is 11.0 Å². The van der Waals surface area contributed by atoms with Crippen LogP contribution >= 0.6 is 11.6 Å². The van der Waals surface area contributed by atoms with E-state index in [0.717, 1.165) is 34.8 Å². The van der Waals surface area contributed by atoms with Gasteiger partial charge in [-0.3, -0.25) is 0 Å². The molecule has 0 saturated heterocycles. The van der Waals surface area contributed by atoms with Gasteiger partial charge in [0.25, 0.3) is 0 Å². The van der Waals surface area contributed by atoms with Crippen molar-refractivity contribution >= 4 is 22.6 Å². The van der Waals surface area contributed by atoms with Gasteiger partial charge in [0.2, 0.25) is 0 Å². The Balaban J connectivity index is 2.70. The van der Waals surface area contributed by atoms with E-state index in [1.807, 2.05) is 24.3 Å². The topological polar surface area (TPSA) is 17.8 Å². The van der Waals surface area contributed by atoms with E-state index in [0.29, 0.717) is 0 Å². The first-order chi connectivity index (χ1) is 7.26. The van der Waals surface area contributed by atoms with Gasteiger partial charge < -0.3 is 4.57 Å². The van der Waals surface area contributed by atoms with Crippen LogP contribution in [0.2, 0.25) is 5.02 Å². The predicted octanol–water partition coefficient (Wildman–Crippen LogP) is 3.44. The molecule has 0 aliphatic heterocycles. The van der Waals surface area contributed by atoms with E-state index < -0.39 is 0 Å². The first-order valence-electron chi connectivity index (χ1n) is 5.01. The Morgan fingerprint density at radius 2 is 2.33 bits per heavy atom. The summed E-state index contributed by atoms with van der Waals surface area (Å²) in [5.41, 5.74) is 2.08. The summed E-state index contributed by atoms with van der Waals surface area (Å²) in [6.45, 7) is 6.64. The summed E-state index contributed by atoms with van der Waals surface area (Å²) in [6.07, 6.45) is 2.79. The molecule has 0 fully saturated rings. The van der Waals surface area contributed by atoms with Crippen molar-refractivity contribution in [2.45, 2.75) is 19.9 Å². The molecule has 0 saturated carbocycles. The zero-order valence-corrected chi connectivity index (χ0v) is 9.46. The molecule has 2 nitrogen and oxygen atoms in total. The largest absolute Gasteiger partial charge is 0.324 e. The third kappa shape index (κ3) is 1.77. The zero-order valence-electron chi connectivity index (χ0n) is 8.70. The Hall–Kier alpha value is -1.28. The zero-order chi connectivity index (χ0) is 10.8. The number of rotatable bonds is 3. The molecule has 0 bridgehead atoms. The van der Waals surface area contributed by atoms with Crippen LogP contribution in [0, 0.1) is 0 Å². The van der Waals surface area contributed by atoms with Crippen LogP contribution in [0.1, 0.15) is 12.7 Å². The number of allylic oxidation sites excluding steroid dienone is 1. The fraction of sp³-hybridized carbons (Fsp3) is 0.250. The van der Waals surface area contributed by atoms with E-state index in [1.54, 1.807) is 0 Å². The highest BCUT2D eigenvalue weighted by Crippen LogP contribution is 2.21. The lowest BCUT2D eigenvalue weighted by Crippen LogP contribution is -2.00. The number of nitrogens with zero attached hydrogens (tertiary/aromatic N) is 2. The van der Waals surface area contributed by atoms with E-state index in [1.165, 1.54) is 0 Å². The molecule has 78 valence electrons. The molecule has 0 spiro atoms. The number of hydrogen-bond acceptors (Lipinski definition) is 1. The Morgan fingerprint density at radius 3 is 3.00 bits per heavy atom. The molecule has 15 heavy (non-hydrogen) atoms. The van der Waals surface area contributed by atoms with E-state index in [4.69, 9.17) is 11.6 Å². The summed E-state index contributed by atoms with van der Waals surface area (Å²) in [5, 5.41) is 0.746. The molecule has 2 rings (SSSR count). The summed E-state index contributed by atoms with van der Waals surface area (Å²) in [7, 11) is 0. The van der Waals surface area contributed by atoms with Crippen LogP contribution in [0.15, 0.2) is 30.9 Å². The second-order valence-corrected chi connectivity index (χ2v) is 3.85. The maximum atomic E-state index is 5.98. The number of aromatic nitrogens is 2. The summed E-state index contributed by atoms with van der Waals surface area (Å²) >= 11 is 5.98. The average molecular weight is 221 g/mol. The molecule has 0 unspecified atom stereocenters. The number of fused-ring (bicyclic) bond motifs is 1.